The zero-order valence-electron chi connectivity index (χ0n) is 10.5. The molecule has 90 valence electrons. The van der Waals surface area contributed by atoms with Gasteiger partial charge in [0.25, 0.3) is 0 Å². The van der Waals surface area contributed by atoms with Gasteiger partial charge in [-0.05, 0) is 27.5 Å². The van der Waals surface area contributed by atoms with Crippen molar-refractivity contribution < 1.29 is 0 Å². The van der Waals surface area contributed by atoms with Gasteiger partial charge in [0.2, 0.25) is 0 Å². The van der Waals surface area contributed by atoms with Crippen molar-refractivity contribution >= 4 is 10.8 Å². The molecule has 0 N–H and O–H groups in total. The number of nitrogens with zero attached hydrogens (tertiary/aromatic N) is 1. The highest BCUT2D eigenvalue weighted by Crippen LogP contribution is 2.28. The summed E-state index contributed by atoms with van der Waals surface area (Å²) in [5, 5.41) is 11.2. The largest absolute Gasteiger partial charge is 0.198 e. The topological polar surface area (TPSA) is 23.8 Å². The van der Waals surface area contributed by atoms with Crippen molar-refractivity contribution in [3.63, 3.8) is 0 Å². The molecule has 0 fully saturated rings. The predicted octanol–water partition coefficient (Wildman–Crippen LogP) is 4.57. The van der Waals surface area contributed by atoms with Gasteiger partial charge in [-0.15, -0.1) is 0 Å². The number of fused-ring (bicyclic) bond motifs is 1. The summed E-state index contributed by atoms with van der Waals surface area (Å²) in [6.07, 6.45) is 0.468. The highest BCUT2D eigenvalue weighted by molar-refractivity contribution is 5.96. The summed E-state index contributed by atoms with van der Waals surface area (Å²) < 4.78 is 0. The molecule has 0 bridgehead atoms. The summed E-state index contributed by atoms with van der Waals surface area (Å²) in [4.78, 5) is 0. The molecule has 0 heterocycles. The van der Waals surface area contributed by atoms with Crippen LogP contribution in [0.1, 0.15) is 5.56 Å². The Labute approximate surface area is 112 Å². The Balaban J connectivity index is 2.11. The van der Waals surface area contributed by atoms with Gasteiger partial charge in [-0.2, -0.15) is 5.26 Å². The molecule has 3 aromatic carbocycles. The second-order valence-electron chi connectivity index (χ2n) is 4.56. The van der Waals surface area contributed by atoms with Crippen LogP contribution in [0.25, 0.3) is 21.9 Å². The molecule has 1 heteroatoms. The first kappa shape index (κ1) is 11.5. The van der Waals surface area contributed by atoms with E-state index < -0.39 is 0 Å². The van der Waals surface area contributed by atoms with Gasteiger partial charge in [0.05, 0.1) is 12.5 Å². The van der Waals surface area contributed by atoms with E-state index in [4.69, 9.17) is 5.26 Å². The van der Waals surface area contributed by atoms with Gasteiger partial charge in [0, 0.05) is 0 Å². The summed E-state index contributed by atoms with van der Waals surface area (Å²) in [7, 11) is 0. The van der Waals surface area contributed by atoms with Crippen LogP contribution < -0.4 is 0 Å². The van der Waals surface area contributed by atoms with Crippen LogP contribution in [0, 0.1) is 11.3 Å². The highest BCUT2D eigenvalue weighted by atomic mass is 14.2. The summed E-state index contributed by atoms with van der Waals surface area (Å²) in [6.45, 7) is 0. The predicted molar refractivity (Wildman–Crippen MR) is 78.7 cm³/mol. The van der Waals surface area contributed by atoms with Gasteiger partial charge >= 0.3 is 0 Å². The molecule has 0 aliphatic heterocycles. The fraction of sp³-hybridized carbons (Fsp3) is 0.0556. The van der Waals surface area contributed by atoms with Gasteiger partial charge in [-0.25, -0.2) is 0 Å². The molecule has 0 spiro atoms. The van der Waals surface area contributed by atoms with E-state index in [1.54, 1.807) is 0 Å². The van der Waals surface area contributed by atoms with E-state index in [-0.39, 0.29) is 0 Å². The number of nitriles is 1. The summed E-state index contributed by atoms with van der Waals surface area (Å²) >= 11 is 0. The molecule has 3 rings (SSSR count). The van der Waals surface area contributed by atoms with Crippen molar-refractivity contribution in [1.82, 2.24) is 0 Å². The molecule has 0 amide bonds. The molecule has 0 aromatic heterocycles. The third-order valence-electron chi connectivity index (χ3n) is 3.34. The molecule has 0 aliphatic carbocycles. The maximum absolute atomic E-state index is 8.70. The van der Waals surface area contributed by atoms with Gasteiger partial charge in [0.15, 0.2) is 0 Å². The first-order chi connectivity index (χ1) is 9.38. The SMILES string of the molecule is N#CCc1ccc(-c2cccc3ccccc23)cc1. The van der Waals surface area contributed by atoms with E-state index in [0.717, 1.165) is 5.56 Å². The Kier molecular flexibility index (Phi) is 3.00. The number of benzene rings is 3. The fourth-order valence-electron chi connectivity index (χ4n) is 2.37. The highest BCUT2D eigenvalue weighted by Gasteiger charge is 2.03. The maximum atomic E-state index is 8.70. The van der Waals surface area contributed by atoms with Crippen LogP contribution >= 0.6 is 0 Å². The Bertz CT molecular complexity index is 743. The van der Waals surface area contributed by atoms with E-state index in [2.05, 4.69) is 60.7 Å². The van der Waals surface area contributed by atoms with Gasteiger partial charge in [0.1, 0.15) is 0 Å². The number of rotatable bonds is 2. The summed E-state index contributed by atoms with van der Waals surface area (Å²) in [5.74, 6) is 0. The second-order valence-corrected chi connectivity index (χ2v) is 4.56. The van der Waals surface area contributed by atoms with Crippen LogP contribution in [0.4, 0.5) is 0 Å². The van der Waals surface area contributed by atoms with E-state index in [1.165, 1.54) is 21.9 Å². The monoisotopic (exact) mass is 243 g/mol. The lowest BCUT2D eigenvalue weighted by molar-refractivity contribution is 1.26. The summed E-state index contributed by atoms with van der Waals surface area (Å²) in [6, 6.07) is 25.2. The number of hydrogen-bond donors (Lipinski definition) is 0. The molecule has 3 aromatic rings. The average Bonchev–Trinajstić information content (AvgIpc) is 2.48. The van der Waals surface area contributed by atoms with E-state index in [9.17, 15) is 0 Å². The zero-order chi connectivity index (χ0) is 13.1. The Morgan fingerprint density at radius 2 is 1.53 bits per heavy atom. The van der Waals surface area contributed by atoms with Crippen LogP contribution in [0.15, 0.2) is 66.7 Å². The standard InChI is InChI=1S/C18H13N/c19-13-12-14-8-10-16(11-9-14)18-7-3-5-15-4-1-2-6-17(15)18/h1-11H,12H2. The fourth-order valence-corrected chi connectivity index (χ4v) is 2.37. The minimum atomic E-state index is 0.468. The lowest BCUT2D eigenvalue weighted by Crippen LogP contribution is -1.84. The lowest BCUT2D eigenvalue weighted by Gasteiger charge is -2.07. The van der Waals surface area contributed by atoms with Crippen molar-refractivity contribution in [3.8, 4) is 17.2 Å². The normalized spacial score (nSPS) is 10.3. The molecule has 0 saturated carbocycles. The molecule has 0 aliphatic rings. The smallest absolute Gasteiger partial charge is 0.0669 e. The van der Waals surface area contributed by atoms with Gasteiger partial charge in [-0.1, -0.05) is 66.7 Å². The third kappa shape index (κ3) is 2.21. The molecule has 0 radical (unpaired) electrons. The van der Waals surface area contributed by atoms with Crippen LogP contribution in [0.5, 0.6) is 0 Å². The average molecular weight is 243 g/mol. The molecule has 0 unspecified atom stereocenters. The molecular formula is C18H13N. The van der Waals surface area contributed by atoms with Gasteiger partial charge in [-0.3, -0.25) is 0 Å². The van der Waals surface area contributed by atoms with Crippen LogP contribution in [-0.2, 0) is 6.42 Å². The molecule has 0 saturated heterocycles. The molecule has 1 nitrogen and oxygen atoms in total. The minimum absolute atomic E-state index is 0.468. The van der Waals surface area contributed by atoms with Crippen molar-refractivity contribution in [1.29, 1.82) is 5.26 Å². The molecular weight excluding hydrogens is 230 g/mol. The summed E-state index contributed by atoms with van der Waals surface area (Å²) in [5.41, 5.74) is 3.49. The van der Waals surface area contributed by atoms with Crippen LogP contribution in [-0.4, -0.2) is 0 Å². The molecule has 0 atom stereocenters. The second kappa shape index (κ2) is 4.96. The van der Waals surface area contributed by atoms with E-state index in [1.807, 2.05) is 12.1 Å². The maximum Gasteiger partial charge on any atom is 0.0669 e. The Morgan fingerprint density at radius 3 is 2.32 bits per heavy atom. The van der Waals surface area contributed by atoms with E-state index in [0.29, 0.717) is 6.42 Å². The van der Waals surface area contributed by atoms with Crippen molar-refractivity contribution in [2.75, 3.05) is 0 Å². The third-order valence-corrected chi connectivity index (χ3v) is 3.34. The van der Waals surface area contributed by atoms with Crippen LogP contribution in [0.3, 0.4) is 0 Å². The molecule has 19 heavy (non-hydrogen) atoms. The van der Waals surface area contributed by atoms with Crippen molar-refractivity contribution in [2.45, 2.75) is 6.42 Å². The van der Waals surface area contributed by atoms with Gasteiger partial charge < -0.3 is 0 Å². The first-order valence-corrected chi connectivity index (χ1v) is 6.32. The Morgan fingerprint density at radius 1 is 0.789 bits per heavy atom. The number of hydrogen-bond acceptors (Lipinski definition) is 1. The Hall–Kier alpha value is -2.59. The first-order valence-electron chi connectivity index (χ1n) is 6.32. The van der Waals surface area contributed by atoms with E-state index >= 15 is 0 Å². The lowest BCUT2D eigenvalue weighted by atomic mass is 9.97. The zero-order valence-corrected chi connectivity index (χ0v) is 10.5. The minimum Gasteiger partial charge on any atom is -0.198 e. The van der Waals surface area contributed by atoms with Crippen molar-refractivity contribution in [2.24, 2.45) is 0 Å². The van der Waals surface area contributed by atoms with Crippen molar-refractivity contribution in [3.05, 3.63) is 72.3 Å². The van der Waals surface area contributed by atoms with Crippen LogP contribution in [0.2, 0.25) is 0 Å². The quantitative estimate of drug-likeness (QED) is 0.646.